The molecule has 1 aromatic carbocycles. The molecule has 7 heteroatoms. The van der Waals surface area contributed by atoms with Crippen molar-refractivity contribution < 1.29 is 4.79 Å². The maximum Gasteiger partial charge on any atom is 0.250 e. The van der Waals surface area contributed by atoms with Gasteiger partial charge in [-0.1, -0.05) is 0 Å². The van der Waals surface area contributed by atoms with Gasteiger partial charge < -0.3 is 16.8 Å². The Bertz CT molecular complexity index is 586. The van der Waals surface area contributed by atoms with Crippen LogP contribution in [0.1, 0.15) is 16.1 Å². The first-order chi connectivity index (χ1) is 9.08. The fourth-order valence-electron chi connectivity index (χ4n) is 1.62. The Kier molecular flexibility index (Phi) is 4.39. The van der Waals surface area contributed by atoms with Crippen molar-refractivity contribution in [2.24, 2.45) is 5.73 Å². The van der Waals surface area contributed by atoms with Crippen LogP contribution in [-0.2, 0) is 6.42 Å². The molecule has 0 saturated heterocycles. The predicted octanol–water partition coefficient (Wildman–Crippen LogP) is 2.24. The van der Waals surface area contributed by atoms with E-state index in [1.165, 1.54) is 0 Å². The molecular weight excluding hydrogens is 328 g/mol. The van der Waals surface area contributed by atoms with Crippen LogP contribution in [0.4, 0.5) is 11.4 Å². The van der Waals surface area contributed by atoms with Crippen molar-refractivity contribution >= 4 is 44.5 Å². The van der Waals surface area contributed by atoms with E-state index in [1.807, 2.05) is 5.38 Å². The first-order valence-electron chi connectivity index (χ1n) is 5.57. The molecule has 1 amide bonds. The number of amides is 1. The third-order valence-electron chi connectivity index (χ3n) is 2.58. The molecular formula is C12H13BrN4OS. The van der Waals surface area contributed by atoms with Gasteiger partial charge in [0.25, 0.3) is 5.91 Å². The van der Waals surface area contributed by atoms with Gasteiger partial charge in [0, 0.05) is 34.2 Å². The summed E-state index contributed by atoms with van der Waals surface area (Å²) in [7, 11) is 0. The standard InChI is InChI=1S/C12H13BrN4OS/c13-9-4-10(14)8(12(15)18)3-11(9)16-2-1-7-5-19-6-17-7/h3-6,16H,1-2,14H2,(H2,15,18). The Morgan fingerprint density at radius 3 is 2.89 bits per heavy atom. The van der Waals surface area contributed by atoms with E-state index in [9.17, 15) is 4.79 Å². The number of hydrogen-bond donors (Lipinski definition) is 3. The van der Waals surface area contributed by atoms with Crippen LogP contribution in [0.5, 0.6) is 0 Å². The Morgan fingerprint density at radius 2 is 2.26 bits per heavy atom. The van der Waals surface area contributed by atoms with Crippen LogP contribution < -0.4 is 16.8 Å². The summed E-state index contributed by atoms with van der Waals surface area (Å²) in [6.07, 6.45) is 0.812. The SMILES string of the molecule is NC(=O)c1cc(NCCc2cscn2)c(Br)cc1N. The van der Waals surface area contributed by atoms with Crippen molar-refractivity contribution in [3.05, 3.63) is 38.8 Å². The largest absolute Gasteiger partial charge is 0.398 e. The summed E-state index contributed by atoms with van der Waals surface area (Å²) in [5, 5.41) is 5.24. The third kappa shape index (κ3) is 3.45. The molecule has 2 aromatic rings. The molecule has 100 valence electrons. The van der Waals surface area contributed by atoms with Gasteiger partial charge in [-0.2, -0.15) is 0 Å². The zero-order valence-electron chi connectivity index (χ0n) is 10.0. The Morgan fingerprint density at radius 1 is 1.47 bits per heavy atom. The fourth-order valence-corrected chi connectivity index (χ4v) is 2.72. The molecule has 19 heavy (non-hydrogen) atoms. The number of primary amides is 1. The molecule has 2 rings (SSSR count). The Hall–Kier alpha value is -1.60. The lowest BCUT2D eigenvalue weighted by Gasteiger charge is -2.11. The van der Waals surface area contributed by atoms with Crippen molar-refractivity contribution in [3.8, 4) is 0 Å². The molecule has 0 spiro atoms. The van der Waals surface area contributed by atoms with Crippen LogP contribution in [0.2, 0.25) is 0 Å². The van der Waals surface area contributed by atoms with Gasteiger partial charge in [0.1, 0.15) is 0 Å². The molecule has 0 fully saturated rings. The summed E-state index contributed by atoms with van der Waals surface area (Å²) >= 11 is 4.97. The minimum Gasteiger partial charge on any atom is -0.398 e. The number of carbonyl (C=O) groups excluding carboxylic acids is 1. The zero-order valence-corrected chi connectivity index (χ0v) is 12.4. The molecule has 0 radical (unpaired) electrons. The Balaban J connectivity index is 2.07. The maximum atomic E-state index is 11.2. The van der Waals surface area contributed by atoms with E-state index in [0.29, 0.717) is 17.8 Å². The highest BCUT2D eigenvalue weighted by Crippen LogP contribution is 2.28. The molecule has 0 aliphatic heterocycles. The maximum absolute atomic E-state index is 11.2. The number of carbonyl (C=O) groups is 1. The quantitative estimate of drug-likeness (QED) is 0.727. The van der Waals surface area contributed by atoms with E-state index in [-0.39, 0.29) is 0 Å². The molecule has 1 heterocycles. The number of hydrogen-bond acceptors (Lipinski definition) is 5. The topological polar surface area (TPSA) is 94.0 Å². The number of nitrogens with zero attached hydrogens (tertiary/aromatic N) is 1. The smallest absolute Gasteiger partial charge is 0.250 e. The van der Waals surface area contributed by atoms with Crippen LogP contribution >= 0.6 is 27.3 Å². The van der Waals surface area contributed by atoms with Gasteiger partial charge in [0.2, 0.25) is 0 Å². The molecule has 5 N–H and O–H groups in total. The minimum absolute atomic E-state index is 0.319. The second-order valence-corrected chi connectivity index (χ2v) is 5.51. The highest BCUT2D eigenvalue weighted by molar-refractivity contribution is 9.10. The lowest BCUT2D eigenvalue weighted by atomic mass is 10.1. The minimum atomic E-state index is -0.535. The second-order valence-electron chi connectivity index (χ2n) is 3.94. The lowest BCUT2D eigenvalue weighted by Crippen LogP contribution is -2.15. The normalized spacial score (nSPS) is 10.4. The van der Waals surface area contributed by atoms with E-state index in [0.717, 1.165) is 22.3 Å². The summed E-state index contributed by atoms with van der Waals surface area (Å²) in [6, 6.07) is 3.33. The van der Waals surface area contributed by atoms with Crippen molar-refractivity contribution in [3.63, 3.8) is 0 Å². The molecule has 0 aliphatic carbocycles. The number of halogens is 1. The summed E-state index contributed by atoms with van der Waals surface area (Å²) in [6.45, 7) is 0.713. The number of nitrogen functional groups attached to an aromatic ring is 1. The zero-order chi connectivity index (χ0) is 13.8. The monoisotopic (exact) mass is 340 g/mol. The fraction of sp³-hybridized carbons (Fsp3) is 0.167. The number of benzene rings is 1. The first kappa shape index (κ1) is 13.8. The van der Waals surface area contributed by atoms with Gasteiger partial charge in [-0.25, -0.2) is 4.98 Å². The molecule has 0 atom stereocenters. The molecule has 1 aromatic heterocycles. The lowest BCUT2D eigenvalue weighted by molar-refractivity contribution is 0.100. The van der Waals surface area contributed by atoms with Crippen LogP contribution in [0.15, 0.2) is 27.5 Å². The van der Waals surface area contributed by atoms with Crippen LogP contribution in [0, 0.1) is 0 Å². The van der Waals surface area contributed by atoms with Gasteiger partial charge in [-0.15, -0.1) is 11.3 Å². The second kappa shape index (κ2) is 6.03. The van der Waals surface area contributed by atoms with E-state index >= 15 is 0 Å². The average molecular weight is 341 g/mol. The summed E-state index contributed by atoms with van der Waals surface area (Å²) < 4.78 is 0.799. The van der Waals surface area contributed by atoms with Gasteiger partial charge >= 0.3 is 0 Å². The summed E-state index contributed by atoms with van der Waals surface area (Å²) in [5.41, 5.74) is 15.3. The van der Waals surface area contributed by atoms with Crippen LogP contribution in [-0.4, -0.2) is 17.4 Å². The van der Waals surface area contributed by atoms with Gasteiger partial charge in [0.05, 0.1) is 16.8 Å². The molecule has 0 unspecified atom stereocenters. The highest BCUT2D eigenvalue weighted by atomic mass is 79.9. The number of aromatic nitrogens is 1. The molecule has 0 aliphatic rings. The molecule has 0 saturated carbocycles. The van der Waals surface area contributed by atoms with Crippen molar-refractivity contribution in [1.29, 1.82) is 0 Å². The van der Waals surface area contributed by atoms with E-state index in [1.54, 1.807) is 29.0 Å². The van der Waals surface area contributed by atoms with E-state index < -0.39 is 5.91 Å². The van der Waals surface area contributed by atoms with E-state index in [2.05, 4.69) is 26.2 Å². The van der Waals surface area contributed by atoms with E-state index in [4.69, 9.17) is 11.5 Å². The van der Waals surface area contributed by atoms with Gasteiger partial charge in [-0.3, -0.25) is 4.79 Å². The number of nitrogens with two attached hydrogens (primary N) is 2. The number of rotatable bonds is 5. The molecule has 0 bridgehead atoms. The van der Waals surface area contributed by atoms with Gasteiger partial charge in [0.15, 0.2) is 0 Å². The average Bonchev–Trinajstić information content (AvgIpc) is 2.84. The third-order valence-corrected chi connectivity index (χ3v) is 3.88. The van der Waals surface area contributed by atoms with Gasteiger partial charge in [-0.05, 0) is 28.1 Å². The number of nitrogens with one attached hydrogen (secondary N) is 1. The van der Waals surface area contributed by atoms with Crippen LogP contribution in [0.3, 0.4) is 0 Å². The Labute approximate surface area is 123 Å². The number of anilines is 2. The first-order valence-corrected chi connectivity index (χ1v) is 7.31. The van der Waals surface area contributed by atoms with Crippen molar-refractivity contribution in [2.45, 2.75) is 6.42 Å². The number of thiazole rings is 1. The molecule has 5 nitrogen and oxygen atoms in total. The van der Waals surface area contributed by atoms with Crippen LogP contribution in [0.25, 0.3) is 0 Å². The van der Waals surface area contributed by atoms with Crippen molar-refractivity contribution in [1.82, 2.24) is 4.98 Å². The summed E-state index contributed by atoms with van der Waals surface area (Å²) in [4.78, 5) is 15.4. The predicted molar refractivity (Wildman–Crippen MR) is 81.4 cm³/mol. The highest BCUT2D eigenvalue weighted by Gasteiger charge is 2.10. The summed E-state index contributed by atoms with van der Waals surface area (Å²) in [5.74, 6) is -0.535. The van der Waals surface area contributed by atoms with Crippen molar-refractivity contribution in [2.75, 3.05) is 17.6 Å².